The summed E-state index contributed by atoms with van der Waals surface area (Å²) in [6.07, 6.45) is -0.269. The fourth-order valence-electron chi connectivity index (χ4n) is 2.71. The molecule has 2 saturated heterocycles. The number of piperidine rings is 1. The molecule has 2 unspecified atom stereocenters. The first kappa shape index (κ1) is 16.9. The molecule has 0 aromatic carbocycles. The zero-order valence-corrected chi connectivity index (χ0v) is 14.3. The Morgan fingerprint density at radius 2 is 1.23 bits per heavy atom. The fraction of sp³-hybridized carbons (Fsp3) is 0.867. The Hall–Kier alpha value is -1.50. The summed E-state index contributed by atoms with van der Waals surface area (Å²) in [5.41, 5.74) is -1.22. The van der Waals surface area contributed by atoms with Crippen LogP contribution in [0.25, 0.3) is 0 Å². The molecule has 2 fully saturated rings. The normalized spacial score (nSPS) is 25.2. The lowest BCUT2D eigenvalue weighted by Crippen LogP contribution is -2.53. The third-order valence-electron chi connectivity index (χ3n) is 3.39. The topological polar surface area (TPSA) is 71.1 Å². The molecule has 0 saturated carbocycles. The van der Waals surface area contributed by atoms with Gasteiger partial charge < -0.3 is 14.8 Å². The summed E-state index contributed by atoms with van der Waals surface area (Å²) < 4.78 is 10.9. The van der Waals surface area contributed by atoms with E-state index in [9.17, 15) is 9.59 Å². The first-order valence-electron chi connectivity index (χ1n) is 7.73. The lowest BCUT2D eigenvalue weighted by atomic mass is 10.1. The number of hydrogen-bond acceptors (Lipinski definition) is 5. The van der Waals surface area contributed by atoms with E-state index in [0.717, 1.165) is 6.42 Å². The molecule has 7 heteroatoms. The second-order valence-corrected chi connectivity index (χ2v) is 7.85. The van der Waals surface area contributed by atoms with Gasteiger partial charge in [-0.1, -0.05) is 0 Å². The highest BCUT2D eigenvalue weighted by Gasteiger charge is 2.49. The minimum Gasteiger partial charge on any atom is -0.442 e. The molecule has 126 valence electrons. The molecule has 0 radical (unpaired) electrons. The van der Waals surface area contributed by atoms with Gasteiger partial charge >= 0.3 is 12.2 Å². The highest BCUT2D eigenvalue weighted by molar-refractivity contribution is 5.76. The molecule has 2 aliphatic heterocycles. The number of fused-ring (bicyclic) bond motifs is 2. The summed E-state index contributed by atoms with van der Waals surface area (Å²) in [7, 11) is 0. The molecule has 2 heterocycles. The van der Waals surface area contributed by atoms with Gasteiger partial charge in [-0.15, -0.1) is 0 Å². The van der Waals surface area contributed by atoms with Crippen LogP contribution < -0.4 is 5.32 Å². The van der Waals surface area contributed by atoms with Gasteiger partial charge in [0.05, 0.1) is 12.1 Å². The van der Waals surface area contributed by atoms with E-state index in [2.05, 4.69) is 5.32 Å². The number of nitrogens with zero attached hydrogens (tertiary/aromatic N) is 2. The van der Waals surface area contributed by atoms with Crippen molar-refractivity contribution in [3.8, 4) is 0 Å². The lowest BCUT2D eigenvalue weighted by Gasteiger charge is -2.34. The summed E-state index contributed by atoms with van der Waals surface area (Å²) >= 11 is 0. The van der Waals surface area contributed by atoms with Crippen LogP contribution in [0.5, 0.6) is 0 Å². The summed E-state index contributed by atoms with van der Waals surface area (Å²) in [5.74, 6) is 0. The minimum atomic E-state index is -0.610. The zero-order chi connectivity index (χ0) is 16.7. The van der Waals surface area contributed by atoms with Crippen LogP contribution in [-0.2, 0) is 9.47 Å². The van der Waals surface area contributed by atoms with Crippen LogP contribution in [0, 0.1) is 0 Å². The molecule has 2 rings (SSSR count). The van der Waals surface area contributed by atoms with E-state index in [1.807, 2.05) is 41.5 Å². The molecule has 1 N–H and O–H groups in total. The van der Waals surface area contributed by atoms with Gasteiger partial charge in [0.1, 0.15) is 11.2 Å². The molecule has 2 amide bonds. The molecule has 2 bridgehead atoms. The van der Waals surface area contributed by atoms with E-state index in [-0.39, 0.29) is 12.1 Å². The molecule has 2 atom stereocenters. The van der Waals surface area contributed by atoms with Crippen molar-refractivity contribution in [1.82, 2.24) is 15.3 Å². The van der Waals surface area contributed by atoms with Gasteiger partial charge in [-0.3, -0.25) is 0 Å². The first-order chi connectivity index (χ1) is 9.98. The van der Waals surface area contributed by atoms with Crippen LogP contribution in [0.15, 0.2) is 0 Å². The van der Waals surface area contributed by atoms with Gasteiger partial charge in [0, 0.05) is 13.1 Å². The SMILES string of the molecule is CC(C)(C)OC(=O)N1C2CNCC(C2)N1C(=O)OC(C)(C)C. The Bertz CT molecular complexity index is 413. The van der Waals surface area contributed by atoms with Gasteiger partial charge in [-0.05, 0) is 48.0 Å². The zero-order valence-electron chi connectivity index (χ0n) is 14.3. The number of carbonyl (C=O) groups excluding carboxylic acids is 2. The number of hydrazine groups is 1. The van der Waals surface area contributed by atoms with Crippen LogP contribution in [0.3, 0.4) is 0 Å². The molecule has 0 aromatic rings. The second kappa shape index (κ2) is 5.61. The number of nitrogens with one attached hydrogen (secondary N) is 1. The fourth-order valence-corrected chi connectivity index (χ4v) is 2.71. The van der Waals surface area contributed by atoms with E-state index in [4.69, 9.17) is 9.47 Å². The van der Waals surface area contributed by atoms with Gasteiger partial charge in [0.25, 0.3) is 0 Å². The molecule has 0 aromatic heterocycles. The number of carbonyl (C=O) groups is 2. The maximum atomic E-state index is 12.5. The van der Waals surface area contributed by atoms with Gasteiger partial charge in [-0.25, -0.2) is 19.6 Å². The Morgan fingerprint density at radius 1 is 0.864 bits per heavy atom. The third-order valence-corrected chi connectivity index (χ3v) is 3.39. The van der Waals surface area contributed by atoms with Gasteiger partial charge in [-0.2, -0.15) is 0 Å². The average Bonchev–Trinajstić information content (AvgIpc) is 2.56. The van der Waals surface area contributed by atoms with Crippen molar-refractivity contribution < 1.29 is 19.1 Å². The monoisotopic (exact) mass is 313 g/mol. The first-order valence-corrected chi connectivity index (χ1v) is 7.73. The lowest BCUT2D eigenvalue weighted by molar-refractivity contribution is -0.0583. The Morgan fingerprint density at radius 3 is 1.55 bits per heavy atom. The number of hydrogen-bond donors (Lipinski definition) is 1. The van der Waals surface area contributed by atoms with E-state index in [0.29, 0.717) is 13.1 Å². The highest BCUT2D eigenvalue weighted by atomic mass is 16.6. The van der Waals surface area contributed by atoms with Crippen molar-refractivity contribution in [3.05, 3.63) is 0 Å². The molecule has 2 aliphatic rings. The van der Waals surface area contributed by atoms with Crippen molar-refractivity contribution in [3.63, 3.8) is 0 Å². The van der Waals surface area contributed by atoms with Gasteiger partial charge in [0.15, 0.2) is 0 Å². The van der Waals surface area contributed by atoms with E-state index in [1.54, 1.807) is 0 Å². The van der Waals surface area contributed by atoms with Crippen LogP contribution in [0.4, 0.5) is 9.59 Å². The quantitative estimate of drug-likeness (QED) is 0.742. The molecular weight excluding hydrogens is 286 g/mol. The summed E-state index contributed by atoms with van der Waals surface area (Å²) in [5, 5.41) is 6.08. The van der Waals surface area contributed by atoms with Crippen LogP contribution in [0.1, 0.15) is 48.0 Å². The van der Waals surface area contributed by atoms with Crippen molar-refractivity contribution in [2.45, 2.75) is 71.2 Å². The van der Waals surface area contributed by atoms with Crippen molar-refractivity contribution in [2.24, 2.45) is 0 Å². The second-order valence-electron chi connectivity index (χ2n) is 7.85. The predicted molar refractivity (Wildman–Crippen MR) is 81.2 cm³/mol. The van der Waals surface area contributed by atoms with Crippen molar-refractivity contribution >= 4 is 12.2 Å². The average molecular weight is 313 g/mol. The van der Waals surface area contributed by atoms with Crippen LogP contribution >= 0.6 is 0 Å². The van der Waals surface area contributed by atoms with Crippen molar-refractivity contribution in [2.75, 3.05) is 13.1 Å². The largest absolute Gasteiger partial charge is 0.442 e. The Labute approximate surface area is 131 Å². The minimum absolute atomic E-state index is 0.0823. The predicted octanol–water partition coefficient (Wildman–Crippen LogP) is 2.12. The maximum absolute atomic E-state index is 12.5. The van der Waals surface area contributed by atoms with Crippen LogP contribution in [-0.4, -0.2) is 58.6 Å². The molecule has 7 nitrogen and oxygen atoms in total. The summed E-state index contributed by atoms with van der Waals surface area (Å²) in [4.78, 5) is 25.0. The van der Waals surface area contributed by atoms with Gasteiger partial charge in [0.2, 0.25) is 0 Å². The maximum Gasteiger partial charge on any atom is 0.429 e. The van der Waals surface area contributed by atoms with E-state index >= 15 is 0 Å². The highest BCUT2D eigenvalue weighted by Crippen LogP contribution is 2.30. The standard InChI is InChI=1S/C15H27N3O4/c1-14(2,3)21-12(19)17-10-7-11(9-16-8-10)18(17)13(20)22-15(4,5)6/h10-11,16H,7-9H2,1-6H3. The number of rotatable bonds is 0. The van der Waals surface area contributed by atoms with Crippen LogP contribution in [0.2, 0.25) is 0 Å². The Kier molecular flexibility index (Phi) is 4.30. The number of ether oxygens (including phenoxy) is 2. The third kappa shape index (κ3) is 3.82. The number of amides is 2. The van der Waals surface area contributed by atoms with E-state index in [1.165, 1.54) is 10.0 Å². The van der Waals surface area contributed by atoms with Crippen molar-refractivity contribution in [1.29, 1.82) is 0 Å². The molecule has 0 aliphatic carbocycles. The Balaban J connectivity index is 2.20. The molecule has 0 spiro atoms. The smallest absolute Gasteiger partial charge is 0.429 e. The molecular formula is C15H27N3O4. The van der Waals surface area contributed by atoms with E-state index < -0.39 is 23.4 Å². The molecule has 22 heavy (non-hydrogen) atoms. The summed E-state index contributed by atoms with van der Waals surface area (Å²) in [6.45, 7) is 12.1. The summed E-state index contributed by atoms with van der Waals surface area (Å²) in [6, 6.07) is -0.165.